The third kappa shape index (κ3) is 5.10. The van der Waals surface area contributed by atoms with Gasteiger partial charge in [-0.15, -0.1) is 0 Å². The molecule has 1 unspecified atom stereocenters. The summed E-state index contributed by atoms with van der Waals surface area (Å²) >= 11 is 0. The van der Waals surface area contributed by atoms with Gasteiger partial charge < -0.3 is 14.9 Å². The van der Waals surface area contributed by atoms with E-state index in [1.807, 2.05) is 18.2 Å². The Morgan fingerprint density at radius 2 is 1.90 bits per heavy atom. The van der Waals surface area contributed by atoms with Crippen molar-refractivity contribution in [2.24, 2.45) is 5.92 Å². The zero-order valence-electron chi connectivity index (χ0n) is 13.8. The summed E-state index contributed by atoms with van der Waals surface area (Å²) < 4.78 is 0. The van der Waals surface area contributed by atoms with E-state index in [2.05, 4.69) is 36.9 Å². The average molecular weight is 290 g/mol. The minimum Gasteiger partial charge on any atom is -0.388 e. The van der Waals surface area contributed by atoms with Crippen LogP contribution in [0.15, 0.2) is 24.3 Å². The molecule has 0 amide bonds. The molecule has 1 aromatic carbocycles. The topological polar surface area (TPSA) is 26.7 Å². The Morgan fingerprint density at radius 1 is 1.24 bits per heavy atom. The van der Waals surface area contributed by atoms with E-state index in [4.69, 9.17) is 0 Å². The van der Waals surface area contributed by atoms with E-state index < -0.39 is 0 Å². The van der Waals surface area contributed by atoms with Crippen LogP contribution in [0.4, 0.5) is 0 Å². The number of benzene rings is 1. The van der Waals surface area contributed by atoms with Crippen LogP contribution in [-0.4, -0.2) is 55.2 Å². The number of hydrogen-bond donors (Lipinski definition) is 1. The maximum atomic E-state index is 10.4. The number of aliphatic hydroxyl groups excluding tert-OH is 1. The van der Waals surface area contributed by atoms with Crippen molar-refractivity contribution in [3.8, 4) is 0 Å². The third-order valence-corrected chi connectivity index (χ3v) is 4.60. The molecule has 1 fully saturated rings. The largest absolute Gasteiger partial charge is 0.388 e. The van der Waals surface area contributed by atoms with Crippen LogP contribution in [0.1, 0.15) is 36.5 Å². The maximum absolute atomic E-state index is 10.4. The highest BCUT2D eigenvalue weighted by Gasteiger charge is 2.20. The second-order valence-electron chi connectivity index (χ2n) is 6.71. The smallest absolute Gasteiger partial charge is 0.0804 e. The molecule has 1 aliphatic heterocycles. The number of likely N-dealkylation sites (tertiary alicyclic amines) is 1. The Bertz CT molecular complexity index is 425. The summed E-state index contributed by atoms with van der Waals surface area (Å²) in [6.45, 7) is 6.65. The van der Waals surface area contributed by atoms with Gasteiger partial charge in [-0.2, -0.15) is 0 Å². The van der Waals surface area contributed by atoms with E-state index in [0.717, 1.165) is 24.4 Å². The van der Waals surface area contributed by atoms with Gasteiger partial charge in [0.2, 0.25) is 0 Å². The molecule has 3 nitrogen and oxygen atoms in total. The van der Waals surface area contributed by atoms with Crippen LogP contribution in [0.2, 0.25) is 0 Å². The average Bonchev–Trinajstić information content (AvgIpc) is 2.46. The van der Waals surface area contributed by atoms with Crippen LogP contribution in [0.3, 0.4) is 0 Å². The van der Waals surface area contributed by atoms with Gasteiger partial charge in [-0.05, 0) is 70.4 Å². The summed E-state index contributed by atoms with van der Waals surface area (Å²) in [6.07, 6.45) is 3.09. The van der Waals surface area contributed by atoms with E-state index in [0.29, 0.717) is 0 Å². The van der Waals surface area contributed by atoms with Crippen molar-refractivity contribution in [1.29, 1.82) is 0 Å². The summed E-state index contributed by atoms with van der Waals surface area (Å²) in [5.41, 5.74) is 2.27. The molecule has 0 radical (unpaired) electrons. The lowest BCUT2D eigenvalue weighted by Crippen LogP contribution is -2.37. The lowest BCUT2D eigenvalue weighted by molar-refractivity contribution is 0.117. The van der Waals surface area contributed by atoms with Crippen molar-refractivity contribution in [2.75, 3.05) is 40.3 Å². The highest BCUT2D eigenvalue weighted by molar-refractivity contribution is 5.27. The highest BCUT2D eigenvalue weighted by atomic mass is 16.3. The summed E-state index contributed by atoms with van der Waals surface area (Å²) in [6, 6.07) is 8.16. The van der Waals surface area contributed by atoms with Crippen LogP contribution >= 0.6 is 0 Å². The van der Waals surface area contributed by atoms with E-state index >= 15 is 0 Å². The van der Waals surface area contributed by atoms with Gasteiger partial charge in [0.1, 0.15) is 0 Å². The second-order valence-corrected chi connectivity index (χ2v) is 6.71. The van der Waals surface area contributed by atoms with Crippen molar-refractivity contribution < 1.29 is 5.11 Å². The molecule has 1 aromatic rings. The van der Waals surface area contributed by atoms with Crippen molar-refractivity contribution in [1.82, 2.24) is 9.80 Å². The molecule has 1 aliphatic rings. The molecular weight excluding hydrogens is 260 g/mol. The summed E-state index contributed by atoms with van der Waals surface area (Å²) in [7, 11) is 4.32. The monoisotopic (exact) mass is 290 g/mol. The number of rotatable bonds is 6. The molecule has 0 saturated carbocycles. The first-order valence-corrected chi connectivity index (χ1v) is 8.17. The number of piperidine rings is 1. The van der Waals surface area contributed by atoms with Crippen molar-refractivity contribution >= 4 is 0 Å². The minimum absolute atomic E-state index is 0.328. The van der Waals surface area contributed by atoms with Crippen LogP contribution in [0.5, 0.6) is 0 Å². The van der Waals surface area contributed by atoms with E-state index in [-0.39, 0.29) is 6.10 Å². The fourth-order valence-corrected chi connectivity index (χ4v) is 3.33. The maximum Gasteiger partial charge on any atom is 0.0804 e. The Hall–Kier alpha value is -0.900. The van der Waals surface area contributed by atoms with E-state index in [1.54, 1.807) is 0 Å². The minimum atomic E-state index is -0.328. The number of aliphatic hydroxyl groups is 1. The van der Waals surface area contributed by atoms with Crippen LogP contribution < -0.4 is 0 Å². The molecular formula is C18H30N2O. The molecule has 0 aromatic heterocycles. The molecule has 1 heterocycles. The molecule has 21 heavy (non-hydrogen) atoms. The quantitative estimate of drug-likeness (QED) is 0.872. The predicted octanol–water partition coefficient (Wildman–Crippen LogP) is 2.69. The van der Waals surface area contributed by atoms with Gasteiger partial charge in [-0.25, -0.2) is 0 Å². The molecule has 118 valence electrons. The molecule has 0 aliphatic carbocycles. The normalized spacial score (nSPS) is 19.1. The molecule has 3 heteroatoms. The zero-order valence-corrected chi connectivity index (χ0v) is 13.8. The van der Waals surface area contributed by atoms with Crippen molar-refractivity contribution in [2.45, 2.75) is 32.3 Å². The van der Waals surface area contributed by atoms with Gasteiger partial charge in [0.25, 0.3) is 0 Å². The lowest BCUT2D eigenvalue weighted by atomic mass is 9.95. The lowest BCUT2D eigenvalue weighted by Gasteiger charge is -2.33. The van der Waals surface area contributed by atoms with Crippen molar-refractivity contribution in [3.63, 3.8) is 0 Å². The summed E-state index contributed by atoms with van der Waals surface area (Å²) in [5.74, 6) is 0.845. The Kier molecular flexibility index (Phi) is 6.22. The third-order valence-electron chi connectivity index (χ3n) is 4.60. The number of hydrogen-bond acceptors (Lipinski definition) is 3. The van der Waals surface area contributed by atoms with Crippen LogP contribution in [0.25, 0.3) is 0 Å². The van der Waals surface area contributed by atoms with Gasteiger partial charge in [0, 0.05) is 13.1 Å². The van der Waals surface area contributed by atoms with E-state index in [1.165, 1.54) is 38.0 Å². The Morgan fingerprint density at radius 3 is 2.52 bits per heavy atom. The first-order valence-electron chi connectivity index (χ1n) is 8.17. The molecule has 2 rings (SSSR count). The Balaban J connectivity index is 1.73. The molecule has 1 atom stereocenters. The fourth-order valence-electron chi connectivity index (χ4n) is 3.33. The molecule has 0 spiro atoms. The molecule has 1 saturated heterocycles. The molecule has 1 N–H and O–H groups in total. The van der Waals surface area contributed by atoms with Gasteiger partial charge in [-0.1, -0.05) is 24.3 Å². The second kappa shape index (κ2) is 7.92. The fraction of sp³-hybridized carbons (Fsp3) is 0.667. The van der Waals surface area contributed by atoms with Gasteiger partial charge in [0.15, 0.2) is 0 Å². The van der Waals surface area contributed by atoms with Gasteiger partial charge >= 0.3 is 0 Å². The number of aryl methyl sites for hydroxylation is 1. The van der Waals surface area contributed by atoms with Crippen LogP contribution in [0, 0.1) is 12.8 Å². The predicted molar refractivity (Wildman–Crippen MR) is 88.5 cm³/mol. The summed E-state index contributed by atoms with van der Waals surface area (Å²) in [4.78, 5) is 4.80. The Labute approximate surface area is 129 Å². The summed E-state index contributed by atoms with van der Waals surface area (Å²) in [5, 5.41) is 10.4. The van der Waals surface area contributed by atoms with Crippen molar-refractivity contribution in [3.05, 3.63) is 35.4 Å². The first-order chi connectivity index (χ1) is 10.1. The molecule has 0 bridgehead atoms. The van der Waals surface area contributed by atoms with Gasteiger partial charge in [0.05, 0.1) is 6.10 Å². The standard InChI is InChI=1S/C18H30N2O/c1-15-6-4-5-7-17(15)18(21)10-13-20-11-8-16(9-12-20)14-19(2)3/h4-7,16,18,21H,8-14H2,1-3H3. The van der Waals surface area contributed by atoms with Gasteiger partial charge in [-0.3, -0.25) is 0 Å². The van der Waals surface area contributed by atoms with E-state index in [9.17, 15) is 5.11 Å². The van der Waals surface area contributed by atoms with Crippen LogP contribution in [-0.2, 0) is 0 Å². The number of nitrogens with zero attached hydrogens (tertiary/aromatic N) is 2. The SMILES string of the molecule is Cc1ccccc1C(O)CCN1CCC(CN(C)C)CC1. The zero-order chi connectivity index (χ0) is 15.2. The highest BCUT2D eigenvalue weighted by Crippen LogP contribution is 2.22. The first kappa shape index (κ1) is 16.5.